The van der Waals surface area contributed by atoms with Crippen molar-refractivity contribution in [1.29, 1.82) is 0 Å². The molecule has 0 bridgehead atoms. The van der Waals surface area contributed by atoms with Crippen LogP contribution in [-0.2, 0) is 0 Å². The molecule has 1 heterocycles. The highest BCUT2D eigenvalue weighted by atomic mass is 79.9. The van der Waals surface area contributed by atoms with E-state index < -0.39 is 0 Å². The number of rotatable bonds is 1. The second-order valence-electron chi connectivity index (χ2n) is 3.99. The molecule has 0 saturated heterocycles. The van der Waals surface area contributed by atoms with Crippen molar-refractivity contribution in [2.45, 2.75) is 26.8 Å². The third kappa shape index (κ3) is 2.11. The summed E-state index contributed by atoms with van der Waals surface area (Å²) in [6, 6.07) is 3.71. The molecule has 0 amide bonds. The lowest BCUT2D eigenvalue weighted by atomic mass is 9.86. The van der Waals surface area contributed by atoms with E-state index >= 15 is 0 Å². The monoisotopic (exact) mass is 231 g/mol. The highest BCUT2D eigenvalue weighted by molar-refractivity contribution is 9.10. The first-order valence-corrected chi connectivity index (χ1v) is 4.71. The Morgan fingerprint density at radius 3 is 2.33 bits per heavy atom. The summed E-state index contributed by atoms with van der Waals surface area (Å²) in [5.41, 5.74) is 6.01. The molecule has 0 radical (unpaired) electrons. The first-order valence-electron chi connectivity index (χ1n) is 3.92. The lowest BCUT2D eigenvalue weighted by Gasteiger charge is -2.24. The molecule has 3 heteroatoms. The molecule has 2 nitrogen and oxygen atoms in total. The number of nitrogens with two attached hydrogens (primary N) is 1. The molecule has 12 heavy (non-hydrogen) atoms. The van der Waals surface area contributed by atoms with E-state index in [1.54, 1.807) is 0 Å². The standard InChI is InChI=1S/C9H14BrNO/c1-9(2,3)8(11)6-4-5-7(10)12-6/h4-5,8H,11H2,1-3H3. The maximum Gasteiger partial charge on any atom is 0.169 e. The van der Waals surface area contributed by atoms with Gasteiger partial charge >= 0.3 is 0 Å². The number of hydrogen-bond acceptors (Lipinski definition) is 2. The van der Waals surface area contributed by atoms with Gasteiger partial charge in [0.05, 0.1) is 6.04 Å². The summed E-state index contributed by atoms with van der Waals surface area (Å²) in [5, 5.41) is 0. The Morgan fingerprint density at radius 2 is 2.00 bits per heavy atom. The quantitative estimate of drug-likeness (QED) is 0.807. The minimum Gasteiger partial charge on any atom is -0.453 e. The molecule has 0 spiro atoms. The van der Waals surface area contributed by atoms with Gasteiger partial charge in [-0.3, -0.25) is 0 Å². The van der Waals surface area contributed by atoms with Gasteiger partial charge in [-0.25, -0.2) is 0 Å². The fourth-order valence-electron chi connectivity index (χ4n) is 0.922. The van der Waals surface area contributed by atoms with Gasteiger partial charge in [0.1, 0.15) is 5.76 Å². The fourth-order valence-corrected chi connectivity index (χ4v) is 1.24. The normalized spacial score (nSPS) is 14.8. The van der Waals surface area contributed by atoms with Gasteiger partial charge in [-0.1, -0.05) is 20.8 Å². The first-order chi connectivity index (χ1) is 5.41. The minimum absolute atomic E-state index is 0.0390. The summed E-state index contributed by atoms with van der Waals surface area (Å²) in [4.78, 5) is 0. The van der Waals surface area contributed by atoms with Crippen molar-refractivity contribution in [2.24, 2.45) is 11.1 Å². The van der Waals surface area contributed by atoms with Gasteiger partial charge in [0.25, 0.3) is 0 Å². The molecule has 0 saturated carbocycles. The van der Waals surface area contributed by atoms with Crippen LogP contribution in [-0.4, -0.2) is 0 Å². The summed E-state index contributed by atoms with van der Waals surface area (Å²) in [6.45, 7) is 6.27. The second kappa shape index (κ2) is 3.23. The van der Waals surface area contributed by atoms with E-state index in [9.17, 15) is 0 Å². The SMILES string of the molecule is CC(C)(C)C(N)c1ccc(Br)o1. The van der Waals surface area contributed by atoms with Gasteiger partial charge in [0, 0.05) is 0 Å². The van der Waals surface area contributed by atoms with Crippen LogP contribution in [0.5, 0.6) is 0 Å². The van der Waals surface area contributed by atoms with E-state index in [0.717, 1.165) is 10.4 Å². The van der Waals surface area contributed by atoms with Gasteiger partial charge in [-0.15, -0.1) is 0 Å². The molecular formula is C9H14BrNO. The van der Waals surface area contributed by atoms with Crippen LogP contribution < -0.4 is 5.73 Å². The van der Waals surface area contributed by atoms with Crippen molar-refractivity contribution in [1.82, 2.24) is 0 Å². The van der Waals surface area contributed by atoms with Crippen LogP contribution in [0, 0.1) is 5.41 Å². The highest BCUT2D eigenvalue weighted by Gasteiger charge is 2.24. The van der Waals surface area contributed by atoms with E-state index in [0.29, 0.717) is 0 Å². The maximum absolute atomic E-state index is 5.97. The third-order valence-corrected chi connectivity index (χ3v) is 2.26. The maximum atomic E-state index is 5.97. The molecule has 0 aliphatic carbocycles. The summed E-state index contributed by atoms with van der Waals surface area (Å²) in [7, 11) is 0. The van der Waals surface area contributed by atoms with Crippen molar-refractivity contribution in [2.75, 3.05) is 0 Å². The predicted octanol–water partition coefficient (Wildman–Crippen LogP) is 3.09. The first kappa shape index (κ1) is 9.81. The molecule has 0 fully saturated rings. The molecule has 1 rings (SSSR count). The van der Waals surface area contributed by atoms with Crippen LogP contribution in [0.1, 0.15) is 32.6 Å². The predicted molar refractivity (Wildman–Crippen MR) is 52.8 cm³/mol. The molecule has 0 aliphatic heterocycles. The van der Waals surface area contributed by atoms with Crippen molar-refractivity contribution in [3.63, 3.8) is 0 Å². The number of hydrogen-bond donors (Lipinski definition) is 1. The van der Waals surface area contributed by atoms with Crippen LogP contribution >= 0.6 is 15.9 Å². The highest BCUT2D eigenvalue weighted by Crippen LogP contribution is 2.32. The van der Waals surface area contributed by atoms with Crippen LogP contribution in [0.3, 0.4) is 0 Å². The summed E-state index contributed by atoms with van der Waals surface area (Å²) in [6.07, 6.45) is 0. The summed E-state index contributed by atoms with van der Waals surface area (Å²) in [5.74, 6) is 0.828. The minimum atomic E-state index is -0.0520. The van der Waals surface area contributed by atoms with Gasteiger partial charge in [-0.2, -0.15) is 0 Å². The Labute approximate surface area is 81.3 Å². The zero-order valence-electron chi connectivity index (χ0n) is 7.60. The van der Waals surface area contributed by atoms with Crippen LogP contribution in [0.2, 0.25) is 0 Å². The zero-order chi connectivity index (χ0) is 9.35. The third-order valence-electron chi connectivity index (χ3n) is 1.83. The van der Waals surface area contributed by atoms with Gasteiger partial charge in [-0.05, 0) is 33.5 Å². The lowest BCUT2D eigenvalue weighted by molar-refractivity contribution is 0.282. The second-order valence-corrected chi connectivity index (χ2v) is 4.77. The Balaban J connectivity index is 2.85. The van der Waals surface area contributed by atoms with Crippen molar-refractivity contribution in [3.8, 4) is 0 Å². The fraction of sp³-hybridized carbons (Fsp3) is 0.556. The van der Waals surface area contributed by atoms with Gasteiger partial charge in [0.15, 0.2) is 4.67 Å². The molecular weight excluding hydrogens is 218 g/mol. The zero-order valence-corrected chi connectivity index (χ0v) is 9.18. The topological polar surface area (TPSA) is 39.2 Å². The Kier molecular flexibility index (Phi) is 2.64. The Hall–Kier alpha value is -0.280. The van der Waals surface area contributed by atoms with E-state index in [1.807, 2.05) is 12.1 Å². The Morgan fingerprint density at radius 1 is 1.42 bits per heavy atom. The van der Waals surface area contributed by atoms with E-state index in [2.05, 4.69) is 36.7 Å². The molecule has 1 unspecified atom stereocenters. The largest absolute Gasteiger partial charge is 0.453 e. The molecule has 0 aliphatic rings. The van der Waals surface area contributed by atoms with Gasteiger partial charge < -0.3 is 10.2 Å². The molecule has 68 valence electrons. The molecule has 1 aromatic heterocycles. The Bertz CT molecular complexity index is 262. The van der Waals surface area contributed by atoms with Gasteiger partial charge in [0.2, 0.25) is 0 Å². The average molecular weight is 232 g/mol. The van der Waals surface area contributed by atoms with Crippen LogP contribution in [0.25, 0.3) is 0 Å². The van der Waals surface area contributed by atoms with Crippen molar-refractivity contribution in [3.05, 3.63) is 22.6 Å². The lowest BCUT2D eigenvalue weighted by Crippen LogP contribution is -2.25. The van der Waals surface area contributed by atoms with E-state index in [1.165, 1.54) is 0 Å². The molecule has 2 N–H and O–H groups in total. The molecule has 0 aromatic carbocycles. The molecule has 1 aromatic rings. The van der Waals surface area contributed by atoms with Crippen LogP contribution in [0.15, 0.2) is 21.2 Å². The number of furan rings is 1. The smallest absolute Gasteiger partial charge is 0.169 e. The van der Waals surface area contributed by atoms with E-state index in [4.69, 9.17) is 10.2 Å². The van der Waals surface area contributed by atoms with Crippen molar-refractivity contribution < 1.29 is 4.42 Å². The van der Waals surface area contributed by atoms with Crippen molar-refractivity contribution >= 4 is 15.9 Å². The number of halogens is 1. The van der Waals surface area contributed by atoms with Crippen LogP contribution in [0.4, 0.5) is 0 Å². The summed E-state index contributed by atoms with van der Waals surface area (Å²) < 4.78 is 6.10. The summed E-state index contributed by atoms with van der Waals surface area (Å²) >= 11 is 3.24. The molecule has 1 atom stereocenters. The van der Waals surface area contributed by atoms with E-state index in [-0.39, 0.29) is 11.5 Å². The average Bonchev–Trinajstić information content (AvgIpc) is 2.32.